The van der Waals surface area contributed by atoms with Crippen molar-refractivity contribution in [3.63, 3.8) is 0 Å². The summed E-state index contributed by atoms with van der Waals surface area (Å²) in [5, 5.41) is 18.5. The zero-order valence-electron chi connectivity index (χ0n) is 33.5. The molecule has 0 saturated carbocycles. The Bertz CT molecular complexity index is 2130. The van der Waals surface area contributed by atoms with Crippen molar-refractivity contribution in [3.05, 3.63) is 109 Å². The third-order valence-electron chi connectivity index (χ3n) is 12.2. The van der Waals surface area contributed by atoms with E-state index in [1.807, 2.05) is 0 Å². The Morgan fingerprint density at radius 1 is 0.368 bits per heavy atom. The number of benzene rings is 6. The Labute approximate surface area is 336 Å². The Morgan fingerprint density at radius 3 is 1.02 bits per heavy atom. The summed E-state index contributed by atoms with van der Waals surface area (Å²) < 4.78 is 0. The molecule has 0 spiro atoms. The zero-order valence-corrected chi connectivity index (χ0v) is 33.5. The highest BCUT2D eigenvalue weighted by Gasteiger charge is 2.29. The number of rotatable bonds is 6. The minimum atomic E-state index is 0.600. The lowest BCUT2D eigenvalue weighted by atomic mass is 10.0. The average Bonchev–Trinajstić information content (AvgIpc) is 3.25. The second-order valence-corrected chi connectivity index (χ2v) is 16.6. The number of hydrogen-bond acceptors (Lipinski definition) is 11. The molecule has 0 radical (unpaired) electrons. The van der Waals surface area contributed by atoms with Gasteiger partial charge >= 0.3 is 0 Å². The molecule has 1 atom stereocenters. The van der Waals surface area contributed by atoms with Crippen molar-refractivity contribution in [1.82, 2.24) is 25.8 Å². The van der Waals surface area contributed by atoms with Gasteiger partial charge in [-0.25, -0.2) is 0 Å². The van der Waals surface area contributed by atoms with Crippen molar-refractivity contribution in [2.45, 2.75) is 6.92 Å². The van der Waals surface area contributed by atoms with Crippen molar-refractivity contribution in [2.24, 2.45) is 5.92 Å². The molecular formula is C46H55N11. The predicted molar refractivity (Wildman–Crippen MR) is 239 cm³/mol. The quantitative estimate of drug-likeness (QED) is 0.180. The first-order valence-electron chi connectivity index (χ1n) is 20.5. The molecule has 3 N–H and O–H groups in total. The van der Waals surface area contributed by atoms with E-state index in [4.69, 9.17) is 0 Å². The topological polar surface area (TPSA) is 62.0 Å². The highest BCUT2D eigenvalue weighted by Crippen LogP contribution is 2.41. The summed E-state index contributed by atoms with van der Waals surface area (Å²) in [6.45, 7) is 12.9. The van der Waals surface area contributed by atoms with Gasteiger partial charge in [0.1, 0.15) is 0 Å². The first-order valence-corrected chi connectivity index (χ1v) is 20.5. The normalized spacial score (nSPS) is 20.4. The molecule has 11 nitrogen and oxygen atoms in total. The minimum absolute atomic E-state index is 0.600. The van der Waals surface area contributed by atoms with E-state index in [0.29, 0.717) is 5.92 Å². The van der Waals surface area contributed by atoms with E-state index >= 15 is 0 Å². The van der Waals surface area contributed by atoms with Gasteiger partial charge in [-0.1, -0.05) is 79.7 Å². The zero-order chi connectivity index (χ0) is 38.5. The fourth-order valence-electron chi connectivity index (χ4n) is 9.69. The lowest BCUT2D eigenvalue weighted by Crippen LogP contribution is -2.55. The maximum absolute atomic E-state index is 3.64. The summed E-state index contributed by atoms with van der Waals surface area (Å²) in [7, 11) is 4.34. The van der Waals surface area contributed by atoms with Crippen LogP contribution in [0, 0.1) is 5.92 Å². The number of hydrogen-bond donors (Lipinski definition) is 3. The summed E-state index contributed by atoms with van der Waals surface area (Å²) in [6, 6.07) is 41.1. The summed E-state index contributed by atoms with van der Waals surface area (Å²) in [4.78, 5) is 19.8. The van der Waals surface area contributed by atoms with Gasteiger partial charge in [-0.3, -0.25) is 25.8 Å². The van der Waals surface area contributed by atoms with Gasteiger partial charge in [0.25, 0.3) is 0 Å². The summed E-state index contributed by atoms with van der Waals surface area (Å²) in [5.41, 5.74) is 7.59. The van der Waals surface area contributed by atoms with Gasteiger partial charge in [0.05, 0.1) is 66.7 Å². The molecule has 6 aromatic carbocycles. The third kappa shape index (κ3) is 6.83. The largest absolute Gasteiger partial charge is 0.358 e. The van der Waals surface area contributed by atoms with Crippen LogP contribution in [0.3, 0.4) is 0 Å². The molecule has 11 heteroatoms. The second-order valence-electron chi connectivity index (χ2n) is 16.6. The molecule has 0 bridgehead atoms. The Kier molecular flexibility index (Phi) is 9.63. The molecular weight excluding hydrogens is 707 g/mol. The molecule has 4 aliphatic rings. The average molecular weight is 762 g/mol. The molecule has 6 aromatic rings. The lowest BCUT2D eigenvalue weighted by molar-refractivity contribution is 0.263. The van der Waals surface area contributed by atoms with Gasteiger partial charge in [-0.15, -0.1) is 0 Å². The molecule has 10 rings (SSSR count). The second kappa shape index (κ2) is 15.2. The highest BCUT2D eigenvalue weighted by atomic mass is 15.5. The van der Waals surface area contributed by atoms with E-state index in [0.717, 1.165) is 79.8 Å². The van der Waals surface area contributed by atoms with Crippen LogP contribution in [-0.2, 0) is 0 Å². The van der Waals surface area contributed by atoms with Crippen molar-refractivity contribution in [1.29, 1.82) is 0 Å². The minimum Gasteiger partial charge on any atom is -0.358 e. The fraction of sp³-hybridized carbons (Fsp3) is 0.348. The molecule has 1 unspecified atom stereocenters. The number of fused-ring (bicyclic) bond motifs is 3. The van der Waals surface area contributed by atoms with Crippen LogP contribution >= 0.6 is 0 Å². The van der Waals surface area contributed by atoms with Crippen molar-refractivity contribution < 1.29 is 0 Å². The van der Waals surface area contributed by atoms with Crippen LogP contribution in [0.2, 0.25) is 0 Å². The van der Waals surface area contributed by atoms with Gasteiger partial charge in [0.15, 0.2) is 0 Å². The molecule has 57 heavy (non-hydrogen) atoms. The third-order valence-corrected chi connectivity index (χ3v) is 12.2. The van der Waals surface area contributed by atoms with Crippen LogP contribution < -0.4 is 45.3 Å². The van der Waals surface area contributed by atoms with Gasteiger partial charge in [-0.05, 0) is 56.4 Å². The molecule has 4 fully saturated rings. The molecule has 0 aromatic heterocycles. The molecule has 294 valence electrons. The Morgan fingerprint density at radius 2 is 0.684 bits per heavy atom. The first-order chi connectivity index (χ1) is 28.0. The van der Waals surface area contributed by atoms with Crippen LogP contribution in [0.15, 0.2) is 109 Å². The van der Waals surface area contributed by atoms with Gasteiger partial charge in [0.2, 0.25) is 0 Å². The van der Waals surface area contributed by atoms with E-state index in [9.17, 15) is 0 Å². The SMILES string of the molecule is CC1CNCN(c2cccc3c(N4CN(c5cccc6c(N7CNCN(C)C7)cccc56)CN(c5cccc6c(N7CNCN(C)C7)cccc56)C4)cccc23)C1. The van der Waals surface area contributed by atoms with Gasteiger partial charge in [-0.2, -0.15) is 0 Å². The van der Waals surface area contributed by atoms with E-state index in [-0.39, 0.29) is 0 Å². The number of anilines is 6. The molecule has 0 aliphatic carbocycles. The first kappa shape index (κ1) is 36.1. The van der Waals surface area contributed by atoms with Crippen LogP contribution in [-0.4, -0.2) is 104 Å². The van der Waals surface area contributed by atoms with E-state index in [1.54, 1.807) is 0 Å². The molecule has 4 heterocycles. The van der Waals surface area contributed by atoms with Crippen LogP contribution in [0.1, 0.15) is 6.92 Å². The summed E-state index contributed by atoms with van der Waals surface area (Å²) in [5.74, 6) is 0.600. The van der Waals surface area contributed by atoms with E-state index < -0.39 is 0 Å². The lowest BCUT2D eigenvalue weighted by Gasteiger charge is -2.46. The maximum atomic E-state index is 3.64. The fourth-order valence-corrected chi connectivity index (χ4v) is 9.69. The molecule has 0 amide bonds. The highest BCUT2D eigenvalue weighted by molar-refractivity contribution is 6.05. The van der Waals surface area contributed by atoms with Gasteiger partial charge in [0, 0.05) is 79.5 Å². The van der Waals surface area contributed by atoms with E-state index in [1.165, 1.54) is 66.4 Å². The Balaban J connectivity index is 1.09. The predicted octanol–water partition coefficient (Wildman–Crippen LogP) is 6.28. The Hall–Kier alpha value is -5.30. The van der Waals surface area contributed by atoms with Crippen molar-refractivity contribution >= 4 is 66.4 Å². The number of nitrogens with one attached hydrogen (secondary N) is 3. The monoisotopic (exact) mass is 761 g/mol. The number of nitrogens with zero attached hydrogens (tertiary/aromatic N) is 8. The van der Waals surface area contributed by atoms with Crippen LogP contribution in [0.4, 0.5) is 34.1 Å². The summed E-state index contributed by atoms with van der Waals surface area (Å²) >= 11 is 0. The van der Waals surface area contributed by atoms with Crippen molar-refractivity contribution in [2.75, 3.05) is 123 Å². The van der Waals surface area contributed by atoms with E-state index in [2.05, 4.69) is 185 Å². The molecule has 4 aliphatic heterocycles. The van der Waals surface area contributed by atoms with Crippen LogP contribution in [0.5, 0.6) is 0 Å². The smallest absolute Gasteiger partial charge is 0.0938 e. The molecule has 4 saturated heterocycles. The van der Waals surface area contributed by atoms with Crippen LogP contribution in [0.25, 0.3) is 32.3 Å². The maximum Gasteiger partial charge on any atom is 0.0938 e. The summed E-state index contributed by atoms with van der Waals surface area (Å²) in [6.07, 6.45) is 0. The standard InChI is InChI=1S/C46H55N11/c1-34-22-47-26-52(23-34)41-16-4-13-38-35(41)10-7-19-44(38)55-31-56(45-20-8-11-36-39(45)14-5-17-42(36)53-27-48-24-50(2)29-53)33-57(32-55)46-21-9-12-37-40(46)15-6-18-43(37)54-28-49-25-51(3)30-54/h4-21,34,47-49H,22-33H2,1-3H3. The van der Waals surface area contributed by atoms with Gasteiger partial charge < -0.3 is 29.4 Å². The van der Waals surface area contributed by atoms with Crippen molar-refractivity contribution in [3.8, 4) is 0 Å².